The van der Waals surface area contributed by atoms with E-state index in [1.807, 2.05) is 30.5 Å². The molecule has 0 spiro atoms. The van der Waals surface area contributed by atoms with Crippen molar-refractivity contribution < 1.29 is 4.74 Å². The minimum atomic E-state index is -0.134. The second kappa shape index (κ2) is 5.74. The molecule has 4 heteroatoms. The van der Waals surface area contributed by atoms with Crippen LogP contribution in [0.25, 0.3) is 0 Å². The molecular weight excluding hydrogens is 266 g/mol. The maximum Gasteiger partial charge on any atom is 0.145 e. The van der Waals surface area contributed by atoms with Crippen molar-refractivity contribution in [1.29, 1.82) is 0 Å². The van der Waals surface area contributed by atoms with Crippen LogP contribution in [-0.4, -0.2) is 6.54 Å². The van der Waals surface area contributed by atoms with Crippen molar-refractivity contribution >= 4 is 22.9 Å². The Bertz CT molecular complexity index is 538. The second-order valence-electron chi connectivity index (χ2n) is 4.24. The van der Waals surface area contributed by atoms with E-state index in [1.54, 1.807) is 11.3 Å². The molecule has 0 saturated carbocycles. The highest BCUT2D eigenvalue weighted by atomic mass is 35.5. The lowest BCUT2D eigenvalue weighted by Crippen LogP contribution is -2.18. The van der Waals surface area contributed by atoms with E-state index in [2.05, 4.69) is 13.0 Å². The first-order valence-electron chi connectivity index (χ1n) is 5.78. The van der Waals surface area contributed by atoms with Crippen LogP contribution in [0.15, 0.2) is 29.6 Å². The summed E-state index contributed by atoms with van der Waals surface area (Å²) in [7, 11) is 0. The van der Waals surface area contributed by atoms with Crippen LogP contribution in [-0.2, 0) is 0 Å². The number of thiophene rings is 1. The van der Waals surface area contributed by atoms with Crippen LogP contribution >= 0.6 is 22.9 Å². The molecule has 1 unspecified atom stereocenters. The Morgan fingerprint density at radius 2 is 2.11 bits per heavy atom. The maximum atomic E-state index is 6.17. The fourth-order valence-corrected chi connectivity index (χ4v) is 3.03. The van der Waals surface area contributed by atoms with Gasteiger partial charge in [0.1, 0.15) is 11.9 Å². The highest BCUT2D eigenvalue weighted by Gasteiger charge is 2.16. The zero-order valence-electron chi connectivity index (χ0n) is 10.4. The molecule has 0 saturated heterocycles. The lowest BCUT2D eigenvalue weighted by atomic mass is 10.2. The van der Waals surface area contributed by atoms with E-state index in [1.165, 1.54) is 5.56 Å². The van der Waals surface area contributed by atoms with Crippen molar-refractivity contribution in [2.75, 3.05) is 6.54 Å². The number of aryl methyl sites for hydroxylation is 2. The van der Waals surface area contributed by atoms with Gasteiger partial charge in [0.25, 0.3) is 0 Å². The predicted molar refractivity (Wildman–Crippen MR) is 77.7 cm³/mol. The molecule has 2 N–H and O–H groups in total. The molecule has 0 fully saturated rings. The standard InChI is InChI=1S/C14H16ClNOS/c1-9-3-4-12(11(15)7-9)17-13(8-16)14-10(2)5-6-18-14/h3-7,13H,8,16H2,1-2H3. The zero-order chi connectivity index (χ0) is 13.1. The Morgan fingerprint density at radius 3 is 2.67 bits per heavy atom. The van der Waals surface area contributed by atoms with Crippen LogP contribution in [0.4, 0.5) is 0 Å². The van der Waals surface area contributed by atoms with Gasteiger partial charge in [-0.2, -0.15) is 0 Å². The van der Waals surface area contributed by atoms with Crippen molar-refractivity contribution in [3.05, 3.63) is 50.7 Å². The molecule has 2 rings (SSSR count). The quantitative estimate of drug-likeness (QED) is 0.916. The van der Waals surface area contributed by atoms with Gasteiger partial charge in [-0.15, -0.1) is 11.3 Å². The molecule has 2 aromatic rings. The number of halogens is 1. The van der Waals surface area contributed by atoms with E-state index in [-0.39, 0.29) is 6.10 Å². The highest BCUT2D eigenvalue weighted by molar-refractivity contribution is 7.10. The largest absolute Gasteiger partial charge is 0.482 e. The summed E-state index contributed by atoms with van der Waals surface area (Å²) in [4.78, 5) is 1.16. The predicted octanol–water partition coefficient (Wildman–Crippen LogP) is 4.10. The monoisotopic (exact) mass is 281 g/mol. The Morgan fingerprint density at radius 1 is 1.33 bits per heavy atom. The number of hydrogen-bond donors (Lipinski definition) is 1. The summed E-state index contributed by atoms with van der Waals surface area (Å²) in [5.41, 5.74) is 8.12. The average Bonchev–Trinajstić information content (AvgIpc) is 2.75. The number of rotatable bonds is 4. The summed E-state index contributed by atoms with van der Waals surface area (Å²) in [5.74, 6) is 0.686. The van der Waals surface area contributed by atoms with Crippen LogP contribution in [0.1, 0.15) is 22.1 Å². The van der Waals surface area contributed by atoms with Crippen molar-refractivity contribution in [2.24, 2.45) is 5.73 Å². The van der Waals surface area contributed by atoms with Gasteiger partial charge in [-0.1, -0.05) is 17.7 Å². The molecule has 0 amide bonds. The number of nitrogens with two attached hydrogens (primary N) is 1. The lowest BCUT2D eigenvalue weighted by molar-refractivity contribution is 0.217. The summed E-state index contributed by atoms with van der Waals surface area (Å²) in [6, 6.07) is 7.84. The Kier molecular flexibility index (Phi) is 4.27. The fourth-order valence-electron chi connectivity index (χ4n) is 1.78. The smallest absolute Gasteiger partial charge is 0.145 e. The molecule has 1 heterocycles. The SMILES string of the molecule is Cc1ccc(OC(CN)c2sccc2C)c(Cl)c1. The van der Waals surface area contributed by atoms with Crippen LogP contribution < -0.4 is 10.5 Å². The topological polar surface area (TPSA) is 35.2 Å². The molecule has 0 aliphatic carbocycles. The average molecular weight is 282 g/mol. The third-order valence-electron chi connectivity index (χ3n) is 2.76. The Labute approximate surface area is 116 Å². The minimum Gasteiger partial charge on any atom is -0.482 e. The summed E-state index contributed by atoms with van der Waals surface area (Å²) in [6.45, 7) is 4.50. The van der Waals surface area contributed by atoms with Crippen LogP contribution in [0.5, 0.6) is 5.75 Å². The molecule has 0 aliphatic rings. The minimum absolute atomic E-state index is 0.134. The van der Waals surface area contributed by atoms with E-state index in [9.17, 15) is 0 Å². The third-order valence-corrected chi connectivity index (χ3v) is 4.17. The molecule has 0 radical (unpaired) electrons. The van der Waals surface area contributed by atoms with Gasteiger partial charge < -0.3 is 10.5 Å². The molecule has 0 aliphatic heterocycles. The van der Waals surface area contributed by atoms with Gasteiger partial charge in [0, 0.05) is 11.4 Å². The van der Waals surface area contributed by atoms with E-state index in [0.717, 1.165) is 10.4 Å². The summed E-state index contributed by atoms with van der Waals surface area (Å²) in [5, 5.41) is 2.68. The van der Waals surface area contributed by atoms with Gasteiger partial charge in [0.05, 0.1) is 5.02 Å². The lowest BCUT2D eigenvalue weighted by Gasteiger charge is -2.18. The molecule has 2 nitrogen and oxygen atoms in total. The maximum absolute atomic E-state index is 6.17. The summed E-state index contributed by atoms with van der Waals surface area (Å²) in [6.07, 6.45) is -0.134. The zero-order valence-corrected chi connectivity index (χ0v) is 12.0. The van der Waals surface area contributed by atoms with Gasteiger partial charge in [-0.05, 0) is 48.6 Å². The number of benzene rings is 1. The van der Waals surface area contributed by atoms with Crippen molar-refractivity contribution in [2.45, 2.75) is 20.0 Å². The molecule has 1 atom stereocenters. The van der Waals surface area contributed by atoms with Crippen LogP contribution in [0.3, 0.4) is 0 Å². The molecule has 18 heavy (non-hydrogen) atoms. The molecule has 1 aromatic carbocycles. The van der Waals surface area contributed by atoms with Gasteiger partial charge in [0.15, 0.2) is 0 Å². The van der Waals surface area contributed by atoms with Crippen molar-refractivity contribution in [1.82, 2.24) is 0 Å². The molecule has 0 bridgehead atoms. The van der Waals surface area contributed by atoms with E-state index < -0.39 is 0 Å². The van der Waals surface area contributed by atoms with E-state index >= 15 is 0 Å². The van der Waals surface area contributed by atoms with Gasteiger partial charge in [-0.25, -0.2) is 0 Å². The van der Waals surface area contributed by atoms with E-state index in [0.29, 0.717) is 17.3 Å². The first-order valence-corrected chi connectivity index (χ1v) is 7.04. The first kappa shape index (κ1) is 13.4. The fraction of sp³-hybridized carbons (Fsp3) is 0.286. The van der Waals surface area contributed by atoms with Crippen molar-refractivity contribution in [3.63, 3.8) is 0 Å². The second-order valence-corrected chi connectivity index (χ2v) is 5.60. The van der Waals surface area contributed by atoms with E-state index in [4.69, 9.17) is 22.1 Å². The third kappa shape index (κ3) is 2.86. The number of ether oxygens (including phenoxy) is 1. The van der Waals surface area contributed by atoms with Gasteiger partial charge >= 0.3 is 0 Å². The molecule has 96 valence electrons. The molecular formula is C14H16ClNOS. The van der Waals surface area contributed by atoms with Gasteiger partial charge in [-0.3, -0.25) is 0 Å². The Hall–Kier alpha value is -1.03. The van der Waals surface area contributed by atoms with Crippen molar-refractivity contribution in [3.8, 4) is 5.75 Å². The van der Waals surface area contributed by atoms with Gasteiger partial charge in [0.2, 0.25) is 0 Å². The molecule has 1 aromatic heterocycles. The highest BCUT2D eigenvalue weighted by Crippen LogP contribution is 2.32. The summed E-state index contributed by atoms with van der Waals surface area (Å²) >= 11 is 7.83. The van der Waals surface area contributed by atoms with Crippen LogP contribution in [0, 0.1) is 13.8 Å². The van der Waals surface area contributed by atoms with Crippen LogP contribution in [0.2, 0.25) is 5.02 Å². The summed E-state index contributed by atoms with van der Waals surface area (Å²) < 4.78 is 5.93. The first-order chi connectivity index (χ1) is 8.61. The normalized spacial score (nSPS) is 12.4. The number of hydrogen-bond acceptors (Lipinski definition) is 3. The Balaban J connectivity index is 2.23.